The minimum Gasteiger partial charge on any atom is -0.507 e. The second kappa shape index (κ2) is 9.25. The number of ether oxygens (including phenoxy) is 1. The first kappa shape index (κ1) is 22.8. The summed E-state index contributed by atoms with van der Waals surface area (Å²) in [5, 5.41) is 12.0. The highest BCUT2D eigenvalue weighted by Gasteiger charge is 2.47. The van der Waals surface area contributed by atoms with Crippen molar-refractivity contribution in [1.82, 2.24) is 0 Å². The fraction of sp³-hybridized carbons (Fsp3) is 0.120. The lowest BCUT2D eigenvalue weighted by Crippen LogP contribution is -2.29. The molecular formula is C25H18Cl2FNO4. The zero-order valence-corrected chi connectivity index (χ0v) is 18.9. The average Bonchev–Trinajstić information content (AvgIpc) is 3.06. The van der Waals surface area contributed by atoms with Crippen molar-refractivity contribution in [3.8, 4) is 5.75 Å². The molecule has 1 aliphatic heterocycles. The first-order valence-electron chi connectivity index (χ1n) is 10.1. The minimum absolute atomic E-state index is 0.142. The molecule has 0 aromatic heterocycles. The summed E-state index contributed by atoms with van der Waals surface area (Å²) in [6.45, 7) is 2.13. The maximum Gasteiger partial charge on any atom is 0.300 e. The van der Waals surface area contributed by atoms with Crippen LogP contribution in [0.25, 0.3) is 5.76 Å². The van der Waals surface area contributed by atoms with Gasteiger partial charge in [0.1, 0.15) is 17.3 Å². The van der Waals surface area contributed by atoms with Crippen molar-refractivity contribution in [2.45, 2.75) is 13.0 Å². The van der Waals surface area contributed by atoms with Crippen LogP contribution >= 0.6 is 23.2 Å². The molecule has 1 heterocycles. The molecule has 1 atom stereocenters. The van der Waals surface area contributed by atoms with Gasteiger partial charge in [-0.05, 0) is 61.0 Å². The largest absolute Gasteiger partial charge is 0.507 e. The number of anilines is 1. The number of hydrogen-bond donors (Lipinski definition) is 1. The number of nitrogens with zero attached hydrogens (tertiary/aromatic N) is 1. The monoisotopic (exact) mass is 485 g/mol. The Labute approximate surface area is 199 Å². The van der Waals surface area contributed by atoms with Gasteiger partial charge in [-0.3, -0.25) is 14.5 Å². The molecule has 1 unspecified atom stereocenters. The van der Waals surface area contributed by atoms with E-state index in [0.29, 0.717) is 28.0 Å². The number of carbonyl (C=O) groups is 2. The molecule has 0 bridgehead atoms. The van der Waals surface area contributed by atoms with Gasteiger partial charge in [0, 0.05) is 16.3 Å². The third kappa shape index (κ3) is 4.32. The quantitative estimate of drug-likeness (QED) is 0.267. The first-order valence-corrected chi connectivity index (χ1v) is 10.8. The molecule has 0 spiro atoms. The molecule has 3 aromatic carbocycles. The van der Waals surface area contributed by atoms with E-state index in [2.05, 4.69) is 0 Å². The molecule has 4 rings (SSSR count). The van der Waals surface area contributed by atoms with Gasteiger partial charge in [-0.1, -0.05) is 41.4 Å². The van der Waals surface area contributed by atoms with Crippen LogP contribution < -0.4 is 9.64 Å². The van der Waals surface area contributed by atoms with Crippen LogP contribution in [0.2, 0.25) is 10.0 Å². The summed E-state index contributed by atoms with van der Waals surface area (Å²) < 4.78 is 19.5. The third-order valence-electron chi connectivity index (χ3n) is 5.22. The Kier molecular flexibility index (Phi) is 6.40. The van der Waals surface area contributed by atoms with E-state index in [4.69, 9.17) is 27.9 Å². The summed E-state index contributed by atoms with van der Waals surface area (Å²) in [7, 11) is 0. The number of halogens is 3. The van der Waals surface area contributed by atoms with Crippen LogP contribution in [0.1, 0.15) is 24.1 Å². The number of carbonyl (C=O) groups excluding carboxylic acids is 2. The average molecular weight is 486 g/mol. The van der Waals surface area contributed by atoms with Crippen molar-refractivity contribution in [2.24, 2.45) is 0 Å². The van der Waals surface area contributed by atoms with Crippen molar-refractivity contribution < 1.29 is 23.8 Å². The van der Waals surface area contributed by atoms with E-state index in [1.165, 1.54) is 41.3 Å². The highest BCUT2D eigenvalue weighted by molar-refractivity contribution is 6.51. The van der Waals surface area contributed by atoms with E-state index in [1.54, 1.807) is 31.2 Å². The molecule has 1 saturated heterocycles. The minimum atomic E-state index is -1.00. The van der Waals surface area contributed by atoms with E-state index < -0.39 is 29.3 Å². The third-order valence-corrected chi connectivity index (χ3v) is 5.79. The molecular weight excluding hydrogens is 468 g/mol. The van der Waals surface area contributed by atoms with Crippen molar-refractivity contribution in [3.63, 3.8) is 0 Å². The SMILES string of the molecule is CCOc1cc(/C(O)=C2\C(=O)C(=O)N(c3cccc(F)c3)C2c2ccc(Cl)cc2)ccc1Cl. The fourth-order valence-electron chi connectivity index (χ4n) is 3.76. The summed E-state index contributed by atoms with van der Waals surface area (Å²) in [6.07, 6.45) is 0. The molecule has 3 aromatic rings. The van der Waals surface area contributed by atoms with E-state index in [0.717, 1.165) is 6.07 Å². The smallest absolute Gasteiger partial charge is 0.300 e. The molecule has 1 N–H and O–H groups in total. The molecule has 8 heteroatoms. The molecule has 1 amide bonds. The predicted octanol–water partition coefficient (Wildman–Crippen LogP) is 6.16. The predicted molar refractivity (Wildman–Crippen MR) is 125 cm³/mol. The Morgan fingerprint density at radius 3 is 2.45 bits per heavy atom. The van der Waals surface area contributed by atoms with Crippen LogP contribution in [0.5, 0.6) is 5.75 Å². The summed E-state index contributed by atoms with van der Waals surface area (Å²) in [5.41, 5.74) is 0.807. The van der Waals surface area contributed by atoms with Gasteiger partial charge < -0.3 is 9.84 Å². The van der Waals surface area contributed by atoms with Gasteiger partial charge in [0.25, 0.3) is 11.7 Å². The number of ketones is 1. The molecule has 0 radical (unpaired) electrons. The number of hydrogen-bond acceptors (Lipinski definition) is 4. The van der Waals surface area contributed by atoms with Crippen LogP contribution in [-0.2, 0) is 9.59 Å². The molecule has 0 aliphatic carbocycles. The number of aliphatic hydroxyl groups excluding tert-OH is 1. The second-order valence-corrected chi connectivity index (χ2v) is 8.12. The summed E-state index contributed by atoms with van der Waals surface area (Å²) >= 11 is 12.2. The lowest BCUT2D eigenvalue weighted by atomic mass is 9.95. The van der Waals surface area contributed by atoms with Crippen LogP contribution in [0.3, 0.4) is 0 Å². The zero-order valence-electron chi connectivity index (χ0n) is 17.4. The van der Waals surface area contributed by atoms with Crippen LogP contribution in [-0.4, -0.2) is 23.4 Å². The van der Waals surface area contributed by atoms with E-state index in [9.17, 15) is 19.1 Å². The Balaban J connectivity index is 1.93. The second-order valence-electron chi connectivity index (χ2n) is 7.28. The normalized spacial score (nSPS) is 17.5. The maximum absolute atomic E-state index is 14.0. The van der Waals surface area contributed by atoms with Crippen molar-refractivity contribution in [3.05, 3.63) is 99.3 Å². The number of rotatable bonds is 5. The van der Waals surface area contributed by atoms with E-state index in [-0.39, 0.29) is 16.8 Å². The van der Waals surface area contributed by atoms with Crippen LogP contribution in [0, 0.1) is 5.82 Å². The van der Waals surface area contributed by atoms with E-state index in [1.807, 2.05) is 0 Å². The first-order chi connectivity index (χ1) is 15.8. The standard InChI is InChI=1S/C25H18Cl2FNO4/c1-2-33-20-12-15(8-11-19(20)27)23(30)21-22(14-6-9-16(26)10-7-14)29(25(32)24(21)31)18-5-3-4-17(28)13-18/h3-13,22,30H,2H2,1H3/b23-21+. The van der Waals surface area contributed by atoms with Crippen molar-refractivity contribution in [1.29, 1.82) is 0 Å². The van der Waals surface area contributed by atoms with E-state index >= 15 is 0 Å². The van der Waals surface area contributed by atoms with Gasteiger partial charge in [-0.2, -0.15) is 0 Å². The van der Waals surface area contributed by atoms with Crippen LogP contribution in [0.15, 0.2) is 72.3 Å². The Morgan fingerprint density at radius 2 is 1.79 bits per heavy atom. The Morgan fingerprint density at radius 1 is 1.06 bits per heavy atom. The van der Waals surface area contributed by atoms with Crippen molar-refractivity contribution >= 4 is 46.3 Å². The molecule has 1 aliphatic rings. The number of benzene rings is 3. The summed E-state index contributed by atoms with van der Waals surface area (Å²) in [4.78, 5) is 27.4. The van der Waals surface area contributed by atoms with Gasteiger partial charge in [-0.15, -0.1) is 0 Å². The lowest BCUT2D eigenvalue weighted by Gasteiger charge is -2.25. The highest BCUT2D eigenvalue weighted by Crippen LogP contribution is 2.43. The zero-order chi connectivity index (χ0) is 23.7. The molecule has 168 valence electrons. The van der Waals surface area contributed by atoms with Gasteiger partial charge in [0.2, 0.25) is 0 Å². The van der Waals surface area contributed by atoms with Gasteiger partial charge in [0.15, 0.2) is 0 Å². The lowest BCUT2D eigenvalue weighted by molar-refractivity contribution is -0.132. The summed E-state index contributed by atoms with van der Waals surface area (Å²) in [5.74, 6) is -2.43. The molecule has 33 heavy (non-hydrogen) atoms. The molecule has 1 fully saturated rings. The highest BCUT2D eigenvalue weighted by atomic mass is 35.5. The number of Topliss-reactive ketones (excluding diaryl/α,β-unsaturated/α-hetero) is 1. The van der Waals surface area contributed by atoms with Crippen LogP contribution in [0.4, 0.5) is 10.1 Å². The maximum atomic E-state index is 14.0. The molecule has 0 saturated carbocycles. The molecule has 5 nitrogen and oxygen atoms in total. The topological polar surface area (TPSA) is 66.8 Å². The number of aliphatic hydroxyl groups is 1. The number of amides is 1. The van der Waals surface area contributed by atoms with Gasteiger partial charge >= 0.3 is 0 Å². The summed E-state index contributed by atoms with van der Waals surface area (Å²) in [6, 6.07) is 15.4. The van der Waals surface area contributed by atoms with Gasteiger partial charge in [0.05, 0.1) is 23.2 Å². The Bertz CT molecular complexity index is 1270. The van der Waals surface area contributed by atoms with Crippen molar-refractivity contribution in [2.75, 3.05) is 11.5 Å². The Hall–Kier alpha value is -3.35. The fourth-order valence-corrected chi connectivity index (χ4v) is 4.06. The van der Waals surface area contributed by atoms with Gasteiger partial charge in [-0.25, -0.2) is 4.39 Å².